The van der Waals surface area contributed by atoms with Crippen molar-refractivity contribution in [3.8, 4) is 0 Å². The van der Waals surface area contributed by atoms with Crippen molar-refractivity contribution in [1.29, 1.82) is 0 Å². The Morgan fingerprint density at radius 2 is 1.83 bits per heavy atom. The van der Waals surface area contributed by atoms with Gasteiger partial charge < -0.3 is 21.3 Å². The monoisotopic (exact) mass is 423 g/mol. The number of piperidine rings is 1. The number of likely N-dealkylation sites (tertiary alicyclic amines) is 1. The Morgan fingerprint density at radius 1 is 1.17 bits per heavy atom. The predicted molar refractivity (Wildman–Crippen MR) is 119 cm³/mol. The van der Waals surface area contributed by atoms with Crippen molar-refractivity contribution < 1.29 is 9.18 Å². The summed E-state index contributed by atoms with van der Waals surface area (Å²) in [5.74, 6) is 1.53. The number of rotatable bonds is 11. The van der Waals surface area contributed by atoms with Crippen molar-refractivity contribution >= 4 is 23.6 Å². The predicted octanol–water partition coefficient (Wildman–Crippen LogP) is 2.45. The van der Waals surface area contributed by atoms with E-state index < -0.39 is 0 Å². The molecule has 1 aromatic rings. The van der Waals surface area contributed by atoms with Gasteiger partial charge in [-0.2, -0.15) is 0 Å². The Morgan fingerprint density at radius 3 is 2.45 bits per heavy atom. The molecule has 0 saturated carbocycles. The number of aliphatic imine (C=N–C) groups is 1. The summed E-state index contributed by atoms with van der Waals surface area (Å²) in [6, 6.07) is 6.62. The second-order valence-corrected chi connectivity index (χ2v) is 8.48. The number of benzene rings is 1. The highest BCUT2D eigenvalue weighted by Gasteiger charge is 2.22. The molecule has 1 amide bonds. The van der Waals surface area contributed by atoms with E-state index in [2.05, 4.69) is 20.5 Å². The van der Waals surface area contributed by atoms with Crippen LogP contribution in [0.5, 0.6) is 0 Å². The molecule has 0 bridgehead atoms. The van der Waals surface area contributed by atoms with Gasteiger partial charge in [-0.05, 0) is 81.8 Å². The fourth-order valence-corrected chi connectivity index (χ4v) is 4.18. The number of halogens is 1. The molecule has 1 aliphatic rings. The standard InChI is InChI=1S/C21H34FN5OS/c1-24-21(26-12-4-16-29-19-7-5-18(22)6-8-19)25-11-2-3-13-27-14-9-17(10-15-27)20(23)28/h5-8,17H,2-4,9-16H2,1H3,(H2,23,28)(H2,24,25,26). The maximum Gasteiger partial charge on any atom is 0.220 e. The smallest absolute Gasteiger partial charge is 0.220 e. The molecule has 162 valence electrons. The minimum Gasteiger partial charge on any atom is -0.369 e. The van der Waals surface area contributed by atoms with E-state index in [9.17, 15) is 9.18 Å². The summed E-state index contributed by atoms with van der Waals surface area (Å²) in [6.45, 7) is 4.75. The van der Waals surface area contributed by atoms with Crippen LogP contribution in [-0.2, 0) is 4.79 Å². The Hall–Kier alpha value is -1.80. The zero-order valence-electron chi connectivity index (χ0n) is 17.3. The molecular formula is C21H34FN5OS. The van der Waals surface area contributed by atoms with Crippen molar-refractivity contribution in [2.45, 2.75) is 37.0 Å². The zero-order chi connectivity index (χ0) is 20.9. The van der Waals surface area contributed by atoms with Crippen LogP contribution in [0.3, 0.4) is 0 Å². The SMILES string of the molecule is CN=C(NCCCCN1CCC(C(N)=O)CC1)NCCCSc1ccc(F)cc1. The largest absolute Gasteiger partial charge is 0.369 e. The third-order valence-electron chi connectivity index (χ3n) is 5.10. The summed E-state index contributed by atoms with van der Waals surface area (Å²) in [5.41, 5.74) is 5.38. The van der Waals surface area contributed by atoms with Gasteiger partial charge in [0.05, 0.1) is 0 Å². The Labute approximate surface area is 177 Å². The maximum atomic E-state index is 12.9. The topological polar surface area (TPSA) is 82.8 Å². The van der Waals surface area contributed by atoms with E-state index in [0.717, 1.165) is 81.4 Å². The second kappa shape index (κ2) is 13.4. The lowest BCUT2D eigenvalue weighted by atomic mass is 9.96. The first-order valence-corrected chi connectivity index (χ1v) is 11.4. The van der Waals surface area contributed by atoms with E-state index in [1.807, 2.05) is 12.1 Å². The molecule has 0 spiro atoms. The van der Waals surface area contributed by atoms with Crippen LogP contribution in [0.2, 0.25) is 0 Å². The first-order chi connectivity index (χ1) is 14.1. The van der Waals surface area contributed by atoms with Gasteiger partial charge in [0, 0.05) is 31.0 Å². The highest BCUT2D eigenvalue weighted by atomic mass is 32.2. The summed E-state index contributed by atoms with van der Waals surface area (Å²) in [4.78, 5) is 19.0. The van der Waals surface area contributed by atoms with Gasteiger partial charge in [-0.3, -0.25) is 9.79 Å². The lowest BCUT2D eigenvalue weighted by molar-refractivity contribution is -0.123. The van der Waals surface area contributed by atoms with Gasteiger partial charge >= 0.3 is 0 Å². The van der Waals surface area contributed by atoms with Crippen LogP contribution in [0.1, 0.15) is 32.1 Å². The van der Waals surface area contributed by atoms with Gasteiger partial charge in [0.15, 0.2) is 5.96 Å². The molecule has 29 heavy (non-hydrogen) atoms. The molecule has 1 heterocycles. The fraction of sp³-hybridized carbons (Fsp3) is 0.619. The van der Waals surface area contributed by atoms with Crippen LogP contribution >= 0.6 is 11.8 Å². The number of unbranched alkanes of at least 4 members (excludes halogenated alkanes) is 1. The molecule has 4 N–H and O–H groups in total. The van der Waals surface area contributed by atoms with Crippen LogP contribution < -0.4 is 16.4 Å². The number of carbonyl (C=O) groups excluding carboxylic acids is 1. The van der Waals surface area contributed by atoms with Crippen molar-refractivity contribution in [2.75, 3.05) is 45.5 Å². The molecule has 0 aliphatic carbocycles. The van der Waals surface area contributed by atoms with Crippen LogP contribution in [0.15, 0.2) is 34.2 Å². The van der Waals surface area contributed by atoms with Crippen LogP contribution in [0.25, 0.3) is 0 Å². The third kappa shape index (κ3) is 9.49. The molecule has 1 aliphatic heterocycles. The van der Waals surface area contributed by atoms with E-state index in [-0.39, 0.29) is 17.6 Å². The number of carbonyl (C=O) groups is 1. The second-order valence-electron chi connectivity index (χ2n) is 7.31. The van der Waals surface area contributed by atoms with E-state index in [4.69, 9.17) is 5.73 Å². The number of guanidine groups is 1. The Balaban J connectivity index is 1.46. The van der Waals surface area contributed by atoms with Crippen LogP contribution in [0.4, 0.5) is 4.39 Å². The average Bonchev–Trinajstić information content (AvgIpc) is 2.73. The van der Waals surface area contributed by atoms with Crippen LogP contribution in [-0.4, -0.2) is 62.3 Å². The number of primary amides is 1. The number of nitrogens with zero attached hydrogens (tertiary/aromatic N) is 2. The molecule has 1 saturated heterocycles. The van der Waals surface area contributed by atoms with Crippen molar-refractivity contribution in [3.63, 3.8) is 0 Å². The Kier molecular flexibility index (Phi) is 10.9. The number of nitrogens with two attached hydrogens (primary N) is 1. The number of hydrogen-bond acceptors (Lipinski definition) is 4. The highest BCUT2D eigenvalue weighted by Crippen LogP contribution is 2.18. The van der Waals surface area contributed by atoms with E-state index in [1.54, 1.807) is 18.8 Å². The lowest BCUT2D eigenvalue weighted by Crippen LogP contribution is -2.40. The van der Waals surface area contributed by atoms with Gasteiger partial charge in [0.2, 0.25) is 5.91 Å². The molecule has 2 rings (SSSR count). The molecule has 0 unspecified atom stereocenters. The van der Waals surface area contributed by atoms with Crippen molar-refractivity contribution in [3.05, 3.63) is 30.1 Å². The minimum absolute atomic E-state index is 0.0661. The fourth-order valence-electron chi connectivity index (χ4n) is 3.33. The number of thioether (sulfide) groups is 1. The normalized spacial score (nSPS) is 16.0. The molecule has 0 radical (unpaired) electrons. The van der Waals surface area contributed by atoms with E-state index in [0.29, 0.717) is 0 Å². The third-order valence-corrected chi connectivity index (χ3v) is 6.20. The first kappa shape index (κ1) is 23.5. The molecule has 1 aromatic carbocycles. The van der Waals surface area contributed by atoms with Gasteiger partial charge in [-0.1, -0.05) is 0 Å². The molecule has 0 atom stereocenters. The van der Waals surface area contributed by atoms with Gasteiger partial charge in [0.25, 0.3) is 0 Å². The lowest BCUT2D eigenvalue weighted by Gasteiger charge is -2.30. The van der Waals surface area contributed by atoms with Crippen LogP contribution in [0, 0.1) is 11.7 Å². The summed E-state index contributed by atoms with van der Waals surface area (Å²) in [6.07, 6.45) is 4.99. The molecule has 6 nitrogen and oxygen atoms in total. The van der Waals surface area contributed by atoms with Gasteiger partial charge in [-0.25, -0.2) is 4.39 Å². The van der Waals surface area contributed by atoms with E-state index in [1.165, 1.54) is 12.1 Å². The maximum absolute atomic E-state index is 12.9. The quantitative estimate of drug-likeness (QED) is 0.220. The Bertz CT molecular complexity index is 632. The highest BCUT2D eigenvalue weighted by molar-refractivity contribution is 7.99. The minimum atomic E-state index is -0.196. The summed E-state index contributed by atoms with van der Waals surface area (Å²) in [7, 11) is 1.78. The van der Waals surface area contributed by atoms with E-state index >= 15 is 0 Å². The average molecular weight is 424 g/mol. The number of nitrogens with one attached hydrogen (secondary N) is 2. The molecular weight excluding hydrogens is 389 g/mol. The summed E-state index contributed by atoms with van der Waals surface area (Å²) in [5, 5.41) is 6.69. The molecule has 1 fully saturated rings. The van der Waals surface area contributed by atoms with Gasteiger partial charge in [-0.15, -0.1) is 11.8 Å². The molecule has 8 heteroatoms. The first-order valence-electron chi connectivity index (χ1n) is 10.4. The summed E-state index contributed by atoms with van der Waals surface area (Å²) >= 11 is 1.73. The zero-order valence-corrected chi connectivity index (χ0v) is 18.1. The molecule has 0 aromatic heterocycles. The van der Waals surface area contributed by atoms with Crippen molar-refractivity contribution in [2.24, 2.45) is 16.6 Å². The summed E-state index contributed by atoms with van der Waals surface area (Å²) < 4.78 is 12.9. The number of hydrogen-bond donors (Lipinski definition) is 3. The van der Waals surface area contributed by atoms with Gasteiger partial charge in [0.1, 0.15) is 5.82 Å². The van der Waals surface area contributed by atoms with Crippen molar-refractivity contribution in [1.82, 2.24) is 15.5 Å². The number of amides is 1.